The molecular formula is C16H15FN2O2. The van der Waals surface area contributed by atoms with Crippen molar-refractivity contribution in [2.45, 2.75) is 0 Å². The topological polar surface area (TPSA) is 47.1 Å². The number of fused-ring (bicyclic) bond motifs is 1. The molecule has 0 aliphatic heterocycles. The van der Waals surface area contributed by atoms with E-state index in [0.29, 0.717) is 35.7 Å². The van der Waals surface area contributed by atoms with Crippen LogP contribution in [0.5, 0.6) is 0 Å². The maximum Gasteiger partial charge on any atom is 0.170 e. The molecule has 0 saturated carbocycles. The third kappa shape index (κ3) is 4.20. The maximum atomic E-state index is 13.1. The summed E-state index contributed by atoms with van der Waals surface area (Å²) < 4.78 is 23.4. The lowest BCUT2D eigenvalue weighted by atomic mass is 10.3. The van der Waals surface area contributed by atoms with Crippen LogP contribution in [0.2, 0.25) is 0 Å². The first-order valence-corrected chi connectivity index (χ1v) is 6.33. The molecule has 0 radical (unpaired) electrons. The van der Waals surface area contributed by atoms with Crippen LogP contribution < -0.4 is 0 Å². The van der Waals surface area contributed by atoms with Crippen molar-refractivity contribution in [1.82, 2.24) is 9.97 Å². The first-order valence-electron chi connectivity index (χ1n) is 6.33. The molecule has 2 aromatic rings. The largest absolute Gasteiger partial charge is 0.483 e. The number of methoxy groups -OCH3 is 1. The lowest BCUT2D eigenvalue weighted by molar-refractivity contribution is 0.116. The summed E-state index contributed by atoms with van der Waals surface area (Å²) >= 11 is 0. The van der Waals surface area contributed by atoms with Gasteiger partial charge >= 0.3 is 0 Å². The van der Waals surface area contributed by atoms with E-state index < -0.39 is 0 Å². The van der Waals surface area contributed by atoms with Gasteiger partial charge in [-0.25, -0.2) is 9.37 Å². The quantitative estimate of drug-likeness (QED) is 0.398. The molecule has 0 bridgehead atoms. The van der Waals surface area contributed by atoms with Crippen LogP contribution in [0.15, 0.2) is 42.8 Å². The Balaban J connectivity index is 2.17. The monoisotopic (exact) mass is 286 g/mol. The number of H-pyrrole nitrogens is 1. The van der Waals surface area contributed by atoms with Gasteiger partial charge in [0.05, 0.1) is 18.5 Å². The Morgan fingerprint density at radius 1 is 1.48 bits per heavy atom. The normalized spacial score (nSPS) is 11.0. The van der Waals surface area contributed by atoms with Gasteiger partial charge in [0, 0.05) is 12.5 Å². The number of pyridine rings is 1. The molecule has 0 spiro atoms. The first kappa shape index (κ1) is 14.8. The van der Waals surface area contributed by atoms with Gasteiger partial charge in [0.1, 0.15) is 18.1 Å². The highest BCUT2D eigenvalue weighted by molar-refractivity contribution is 5.77. The number of rotatable bonds is 5. The number of allylic oxidation sites excluding steroid dienone is 3. The number of halogens is 1. The summed E-state index contributed by atoms with van der Waals surface area (Å²) in [6.45, 7) is 4.50. The van der Waals surface area contributed by atoms with E-state index in [0.717, 1.165) is 6.20 Å². The summed E-state index contributed by atoms with van der Waals surface area (Å²) in [5, 5.41) is 0.675. The van der Waals surface area contributed by atoms with Crippen molar-refractivity contribution in [2.24, 2.45) is 0 Å². The van der Waals surface area contributed by atoms with Crippen LogP contribution in [0, 0.1) is 17.7 Å². The second-order valence-corrected chi connectivity index (χ2v) is 4.13. The SMILES string of the molecule is C=C/C=C(/C#Cc1cc2cc(F)cnc2[nH]1)OCCOC. The van der Waals surface area contributed by atoms with Crippen molar-refractivity contribution in [2.75, 3.05) is 20.3 Å². The van der Waals surface area contributed by atoms with Crippen LogP contribution in [-0.4, -0.2) is 30.3 Å². The van der Waals surface area contributed by atoms with E-state index in [4.69, 9.17) is 9.47 Å². The summed E-state index contributed by atoms with van der Waals surface area (Å²) in [7, 11) is 1.60. The van der Waals surface area contributed by atoms with E-state index in [1.54, 1.807) is 25.3 Å². The molecule has 4 nitrogen and oxygen atoms in total. The van der Waals surface area contributed by atoms with E-state index in [1.807, 2.05) is 0 Å². The fourth-order valence-corrected chi connectivity index (χ4v) is 1.65. The molecule has 2 aromatic heterocycles. The van der Waals surface area contributed by atoms with E-state index in [9.17, 15) is 4.39 Å². The Bertz CT molecular complexity index is 723. The van der Waals surface area contributed by atoms with Crippen molar-refractivity contribution in [1.29, 1.82) is 0 Å². The smallest absolute Gasteiger partial charge is 0.170 e. The highest BCUT2D eigenvalue weighted by Crippen LogP contribution is 2.13. The molecule has 0 aliphatic carbocycles. The van der Waals surface area contributed by atoms with Gasteiger partial charge in [-0.1, -0.05) is 12.7 Å². The predicted molar refractivity (Wildman–Crippen MR) is 79.0 cm³/mol. The van der Waals surface area contributed by atoms with E-state index in [2.05, 4.69) is 28.4 Å². The van der Waals surface area contributed by atoms with Gasteiger partial charge in [-0.3, -0.25) is 0 Å². The fraction of sp³-hybridized carbons (Fsp3) is 0.188. The average Bonchev–Trinajstić information content (AvgIpc) is 2.87. The summed E-state index contributed by atoms with van der Waals surface area (Å²) in [6, 6.07) is 3.14. The molecule has 0 saturated heterocycles. The van der Waals surface area contributed by atoms with Crippen molar-refractivity contribution < 1.29 is 13.9 Å². The van der Waals surface area contributed by atoms with Crippen LogP contribution in [0.4, 0.5) is 4.39 Å². The Kier molecular flexibility index (Phi) is 5.13. The lowest BCUT2D eigenvalue weighted by Crippen LogP contribution is -2.00. The molecule has 2 heterocycles. The van der Waals surface area contributed by atoms with Crippen LogP contribution in [0.3, 0.4) is 0 Å². The summed E-state index contributed by atoms with van der Waals surface area (Å²) in [6.07, 6.45) is 4.43. The number of aromatic nitrogens is 2. The average molecular weight is 286 g/mol. The lowest BCUT2D eigenvalue weighted by Gasteiger charge is -2.02. The van der Waals surface area contributed by atoms with E-state index in [1.165, 1.54) is 6.07 Å². The van der Waals surface area contributed by atoms with Crippen molar-refractivity contribution in [3.63, 3.8) is 0 Å². The number of ether oxygens (including phenoxy) is 2. The van der Waals surface area contributed by atoms with Gasteiger partial charge in [-0.2, -0.15) is 0 Å². The minimum Gasteiger partial charge on any atom is -0.483 e. The number of aromatic amines is 1. The van der Waals surface area contributed by atoms with Crippen molar-refractivity contribution in [3.05, 3.63) is 54.3 Å². The second kappa shape index (κ2) is 7.27. The zero-order valence-electron chi connectivity index (χ0n) is 11.6. The zero-order valence-corrected chi connectivity index (χ0v) is 11.6. The first-order chi connectivity index (χ1) is 10.2. The fourth-order valence-electron chi connectivity index (χ4n) is 1.65. The van der Waals surface area contributed by atoms with Gasteiger partial charge in [0.25, 0.3) is 0 Å². The molecule has 0 aliphatic rings. The van der Waals surface area contributed by atoms with Crippen LogP contribution in [-0.2, 0) is 9.47 Å². The Hall–Kier alpha value is -2.58. The summed E-state index contributed by atoms with van der Waals surface area (Å²) in [5.41, 5.74) is 1.23. The zero-order chi connectivity index (χ0) is 15.1. The molecule has 108 valence electrons. The summed E-state index contributed by atoms with van der Waals surface area (Å²) in [4.78, 5) is 6.95. The summed E-state index contributed by atoms with van der Waals surface area (Å²) in [5.74, 6) is 5.90. The molecule has 5 heteroatoms. The minimum atomic E-state index is -0.379. The molecule has 0 unspecified atom stereocenters. The highest BCUT2D eigenvalue weighted by atomic mass is 19.1. The minimum absolute atomic E-state index is 0.379. The van der Waals surface area contributed by atoms with Gasteiger partial charge in [0.2, 0.25) is 0 Å². The van der Waals surface area contributed by atoms with Crippen molar-refractivity contribution >= 4 is 11.0 Å². The molecule has 0 fully saturated rings. The molecule has 0 aromatic carbocycles. The standard InChI is InChI=1S/C16H15FN2O2/c1-3-4-15(21-8-7-20-2)6-5-14-10-12-9-13(17)11-18-16(12)19-14/h3-4,9-11H,1,7-8H2,2H3,(H,18,19)/b15-4-. The van der Waals surface area contributed by atoms with Gasteiger partial charge < -0.3 is 14.5 Å². The molecule has 2 rings (SSSR count). The predicted octanol–water partition coefficient (Wildman–Crippen LogP) is 2.79. The number of nitrogens with one attached hydrogen (secondary N) is 1. The van der Waals surface area contributed by atoms with E-state index in [-0.39, 0.29) is 5.82 Å². The van der Waals surface area contributed by atoms with Gasteiger partial charge in [0.15, 0.2) is 5.76 Å². The Morgan fingerprint density at radius 3 is 3.10 bits per heavy atom. The van der Waals surface area contributed by atoms with Crippen LogP contribution in [0.1, 0.15) is 5.69 Å². The molecule has 0 amide bonds. The maximum absolute atomic E-state index is 13.1. The molecular weight excluding hydrogens is 271 g/mol. The number of hydrogen-bond donors (Lipinski definition) is 1. The third-order valence-electron chi connectivity index (χ3n) is 2.57. The number of nitrogens with zero attached hydrogens (tertiary/aromatic N) is 1. The molecule has 1 N–H and O–H groups in total. The van der Waals surface area contributed by atoms with Crippen LogP contribution in [0.25, 0.3) is 11.0 Å². The van der Waals surface area contributed by atoms with Crippen molar-refractivity contribution in [3.8, 4) is 11.8 Å². The van der Waals surface area contributed by atoms with E-state index >= 15 is 0 Å². The van der Waals surface area contributed by atoms with Gasteiger partial charge in [-0.05, 0) is 30.0 Å². The van der Waals surface area contributed by atoms with Gasteiger partial charge in [-0.15, -0.1) is 0 Å². The Labute approximate surface area is 122 Å². The third-order valence-corrected chi connectivity index (χ3v) is 2.57. The van der Waals surface area contributed by atoms with Crippen LogP contribution >= 0.6 is 0 Å². The molecule has 0 atom stereocenters. The highest BCUT2D eigenvalue weighted by Gasteiger charge is 2.01. The second-order valence-electron chi connectivity index (χ2n) is 4.13. The Morgan fingerprint density at radius 2 is 2.33 bits per heavy atom. The molecule has 21 heavy (non-hydrogen) atoms. The number of hydrogen-bond acceptors (Lipinski definition) is 3.